The summed E-state index contributed by atoms with van der Waals surface area (Å²) < 4.78 is 40.5. The molecule has 128 valence electrons. The Labute approximate surface area is 147 Å². The molecule has 0 N–H and O–H groups in total. The first-order chi connectivity index (χ1) is 11.3. The predicted octanol–water partition coefficient (Wildman–Crippen LogP) is 5.30. The number of halogens is 4. The van der Waals surface area contributed by atoms with Crippen molar-refractivity contribution >= 4 is 15.9 Å². The average molecular weight is 400 g/mol. The van der Waals surface area contributed by atoms with Crippen LogP contribution in [0.25, 0.3) is 0 Å². The molecule has 0 bridgehead atoms. The van der Waals surface area contributed by atoms with Crippen LogP contribution in [0, 0.1) is 6.92 Å². The first-order valence-corrected chi connectivity index (χ1v) is 8.70. The lowest BCUT2D eigenvalue weighted by Crippen LogP contribution is -2.17. The third-order valence-corrected chi connectivity index (χ3v) is 4.77. The maximum Gasteiger partial charge on any atom is 0.573 e. The highest BCUT2D eigenvalue weighted by molar-refractivity contribution is 9.08. The molecular weight excluding hydrogens is 383 g/mol. The zero-order valence-corrected chi connectivity index (χ0v) is 14.7. The highest BCUT2D eigenvalue weighted by Gasteiger charge is 2.31. The highest BCUT2D eigenvalue weighted by atomic mass is 79.9. The number of hydrogen-bond acceptors (Lipinski definition) is 2. The molecule has 0 aliphatic carbocycles. The molecule has 1 aliphatic heterocycles. The van der Waals surface area contributed by atoms with Crippen LogP contribution < -0.4 is 4.74 Å². The summed E-state index contributed by atoms with van der Waals surface area (Å²) in [7, 11) is 0. The fourth-order valence-corrected chi connectivity index (χ4v) is 3.43. The number of aryl methyl sites for hydroxylation is 1. The van der Waals surface area contributed by atoms with E-state index in [-0.39, 0.29) is 5.75 Å². The summed E-state index contributed by atoms with van der Waals surface area (Å²) in [5, 5.41) is 0.835. The van der Waals surface area contributed by atoms with E-state index in [0.717, 1.165) is 24.0 Å². The van der Waals surface area contributed by atoms with Crippen LogP contribution in [0.5, 0.6) is 5.75 Å². The van der Waals surface area contributed by atoms with E-state index in [1.807, 2.05) is 0 Å². The Hall–Kier alpha value is -1.53. The number of nitrogens with zero attached hydrogens (tertiary/aromatic N) is 1. The van der Waals surface area contributed by atoms with Gasteiger partial charge in [-0.2, -0.15) is 0 Å². The van der Waals surface area contributed by atoms with Crippen molar-refractivity contribution in [2.75, 3.05) is 0 Å². The first-order valence-electron chi connectivity index (χ1n) is 7.58. The third kappa shape index (κ3) is 4.11. The van der Waals surface area contributed by atoms with Gasteiger partial charge in [-0.05, 0) is 46.9 Å². The quantitative estimate of drug-likeness (QED) is 0.646. The normalized spacial score (nSPS) is 14.7. The number of hydrogen-bond donors (Lipinski definition) is 0. The highest BCUT2D eigenvalue weighted by Crippen LogP contribution is 2.29. The Kier molecular flexibility index (Phi) is 4.88. The van der Waals surface area contributed by atoms with Gasteiger partial charge < -0.3 is 4.74 Å². The van der Waals surface area contributed by atoms with Gasteiger partial charge in [0.2, 0.25) is 0 Å². The SMILES string of the molecule is Cc1cc(CBr)cc2c1CN(Cc1ccc(OC(F)(F)F)cc1)C2. The van der Waals surface area contributed by atoms with Gasteiger partial charge in [-0.1, -0.05) is 40.2 Å². The molecule has 0 aromatic heterocycles. The lowest BCUT2D eigenvalue weighted by Gasteiger charge is -2.15. The summed E-state index contributed by atoms with van der Waals surface area (Å²) in [6.07, 6.45) is -4.65. The van der Waals surface area contributed by atoms with Crippen LogP contribution in [0.15, 0.2) is 36.4 Å². The Morgan fingerprint density at radius 3 is 2.42 bits per heavy atom. The summed E-state index contributed by atoms with van der Waals surface area (Å²) >= 11 is 3.49. The number of rotatable bonds is 4. The van der Waals surface area contributed by atoms with Gasteiger partial charge in [-0.3, -0.25) is 4.90 Å². The number of ether oxygens (including phenoxy) is 1. The van der Waals surface area contributed by atoms with Crippen LogP contribution in [0.1, 0.15) is 27.8 Å². The zero-order valence-electron chi connectivity index (χ0n) is 13.2. The zero-order chi connectivity index (χ0) is 17.3. The van der Waals surface area contributed by atoms with Gasteiger partial charge in [0.05, 0.1) is 0 Å². The molecule has 24 heavy (non-hydrogen) atoms. The molecule has 2 aromatic carbocycles. The van der Waals surface area contributed by atoms with E-state index in [1.165, 1.54) is 34.4 Å². The predicted molar refractivity (Wildman–Crippen MR) is 89.9 cm³/mol. The molecule has 0 fully saturated rings. The van der Waals surface area contributed by atoms with Gasteiger partial charge >= 0.3 is 6.36 Å². The lowest BCUT2D eigenvalue weighted by atomic mass is 10.0. The van der Waals surface area contributed by atoms with Gasteiger partial charge in [0.1, 0.15) is 5.75 Å². The molecule has 0 atom stereocenters. The van der Waals surface area contributed by atoms with Crippen molar-refractivity contribution in [3.05, 3.63) is 64.2 Å². The molecule has 2 nitrogen and oxygen atoms in total. The van der Waals surface area contributed by atoms with Crippen molar-refractivity contribution in [2.24, 2.45) is 0 Å². The standard InChI is InChI=1S/C18H17BrF3NO/c1-12-6-14(8-19)7-15-10-23(11-17(12)15)9-13-2-4-16(5-3-13)24-18(20,21)22/h2-7H,8-11H2,1H3. The second kappa shape index (κ2) is 6.76. The molecule has 6 heteroatoms. The van der Waals surface area contributed by atoms with Gasteiger partial charge in [-0.25, -0.2) is 0 Å². The Balaban J connectivity index is 1.67. The van der Waals surface area contributed by atoms with Crippen molar-refractivity contribution in [1.29, 1.82) is 0 Å². The fourth-order valence-electron chi connectivity index (χ4n) is 3.10. The van der Waals surface area contributed by atoms with Crippen molar-refractivity contribution in [1.82, 2.24) is 4.90 Å². The van der Waals surface area contributed by atoms with Crippen molar-refractivity contribution in [3.8, 4) is 5.75 Å². The number of alkyl halides is 4. The van der Waals surface area contributed by atoms with Crippen LogP contribution in [0.4, 0.5) is 13.2 Å². The van der Waals surface area contributed by atoms with Crippen molar-refractivity contribution in [2.45, 2.75) is 38.3 Å². The van der Waals surface area contributed by atoms with Crippen molar-refractivity contribution < 1.29 is 17.9 Å². The van der Waals surface area contributed by atoms with Crippen LogP contribution in [-0.4, -0.2) is 11.3 Å². The van der Waals surface area contributed by atoms with Gasteiger partial charge in [0, 0.05) is 25.0 Å². The second-order valence-corrected chi connectivity index (χ2v) is 6.58. The molecular formula is C18H17BrF3NO. The largest absolute Gasteiger partial charge is 0.573 e. The maximum absolute atomic E-state index is 12.2. The molecule has 0 unspecified atom stereocenters. The van der Waals surface area contributed by atoms with Crippen LogP contribution in [0.3, 0.4) is 0 Å². The summed E-state index contributed by atoms with van der Waals surface area (Å²) in [4.78, 5) is 2.29. The van der Waals surface area contributed by atoms with Crippen LogP contribution >= 0.6 is 15.9 Å². The lowest BCUT2D eigenvalue weighted by molar-refractivity contribution is -0.274. The van der Waals surface area contributed by atoms with E-state index in [2.05, 4.69) is 44.6 Å². The van der Waals surface area contributed by atoms with E-state index in [0.29, 0.717) is 6.54 Å². The van der Waals surface area contributed by atoms with Gasteiger partial charge in [0.15, 0.2) is 0 Å². The molecule has 0 saturated heterocycles. The minimum Gasteiger partial charge on any atom is -0.406 e. The minimum absolute atomic E-state index is 0.186. The molecule has 1 heterocycles. The fraction of sp³-hybridized carbons (Fsp3) is 0.333. The van der Waals surface area contributed by atoms with Gasteiger partial charge in [0.25, 0.3) is 0 Å². The minimum atomic E-state index is -4.65. The maximum atomic E-state index is 12.2. The summed E-state index contributed by atoms with van der Waals surface area (Å²) in [6, 6.07) is 10.5. The van der Waals surface area contributed by atoms with E-state index in [9.17, 15) is 13.2 Å². The van der Waals surface area contributed by atoms with E-state index in [1.54, 1.807) is 12.1 Å². The summed E-state index contributed by atoms with van der Waals surface area (Å²) in [6.45, 7) is 4.55. The first kappa shape index (κ1) is 17.3. The molecule has 0 amide bonds. The molecule has 0 saturated carbocycles. The number of benzene rings is 2. The van der Waals surface area contributed by atoms with Crippen molar-refractivity contribution in [3.63, 3.8) is 0 Å². The van der Waals surface area contributed by atoms with E-state index in [4.69, 9.17) is 0 Å². The number of fused-ring (bicyclic) bond motifs is 1. The molecule has 0 radical (unpaired) electrons. The van der Waals surface area contributed by atoms with Crippen LogP contribution in [-0.2, 0) is 25.0 Å². The monoisotopic (exact) mass is 399 g/mol. The molecule has 3 rings (SSSR count). The second-order valence-electron chi connectivity index (χ2n) is 6.02. The topological polar surface area (TPSA) is 12.5 Å². The third-order valence-electron chi connectivity index (χ3n) is 4.12. The Morgan fingerprint density at radius 2 is 1.79 bits per heavy atom. The summed E-state index contributed by atoms with van der Waals surface area (Å²) in [5.41, 5.74) is 6.22. The molecule has 0 spiro atoms. The van der Waals surface area contributed by atoms with Crippen LogP contribution in [0.2, 0.25) is 0 Å². The average Bonchev–Trinajstić information content (AvgIpc) is 2.91. The van der Waals surface area contributed by atoms with Gasteiger partial charge in [-0.15, -0.1) is 13.2 Å². The Morgan fingerprint density at radius 1 is 1.08 bits per heavy atom. The smallest absolute Gasteiger partial charge is 0.406 e. The summed E-state index contributed by atoms with van der Waals surface area (Å²) in [5.74, 6) is -0.186. The Bertz CT molecular complexity index is 728. The molecule has 1 aliphatic rings. The molecule has 2 aromatic rings. The van der Waals surface area contributed by atoms with E-state index < -0.39 is 6.36 Å². The van der Waals surface area contributed by atoms with E-state index >= 15 is 0 Å².